The molecule has 1 aliphatic rings. The number of nitrogens with zero attached hydrogens (tertiary/aromatic N) is 2. The summed E-state index contributed by atoms with van der Waals surface area (Å²) in [6.07, 6.45) is 2.42. The van der Waals surface area contributed by atoms with Gasteiger partial charge in [0, 0.05) is 7.05 Å². The summed E-state index contributed by atoms with van der Waals surface area (Å²) in [5, 5.41) is 16.2. The Bertz CT molecular complexity index is 519. The van der Waals surface area contributed by atoms with Crippen LogP contribution in [0.15, 0.2) is 6.07 Å². The van der Waals surface area contributed by atoms with Crippen LogP contribution in [-0.2, 0) is 18.3 Å². The van der Waals surface area contributed by atoms with Crippen LogP contribution in [0, 0.1) is 5.92 Å². The third kappa shape index (κ3) is 2.47. The topological polar surface area (TPSA) is 84.2 Å². The molecule has 1 aromatic rings. The SMILES string of the molecule is CCc1cc(C(=O)NC(C)(C(=O)O)C2CC2)n(C)n1. The molecule has 1 aliphatic carbocycles. The predicted octanol–water partition coefficient (Wildman–Crippen LogP) is 0.966. The molecular formula is C13H19N3O3. The summed E-state index contributed by atoms with van der Waals surface area (Å²) in [4.78, 5) is 23.6. The lowest BCUT2D eigenvalue weighted by atomic mass is 9.96. The number of aryl methyl sites for hydroxylation is 2. The summed E-state index contributed by atoms with van der Waals surface area (Å²) in [5.74, 6) is -1.35. The Labute approximate surface area is 111 Å². The van der Waals surface area contributed by atoms with Crippen molar-refractivity contribution in [2.45, 2.75) is 38.6 Å². The van der Waals surface area contributed by atoms with Crippen LogP contribution in [0.5, 0.6) is 0 Å². The number of aliphatic carboxylic acids is 1. The number of carbonyl (C=O) groups excluding carboxylic acids is 1. The van der Waals surface area contributed by atoms with E-state index in [2.05, 4.69) is 10.4 Å². The molecule has 0 aromatic carbocycles. The van der Waals surface area contributed by atoms with Crippen molar-refractivity contribution in [1.82, 2.24) is 15.1 Å². The Morgan fingerprint density at radius 2 is 2.21 bits per heavy atom. The lowest BCUT2D eigenvalue weighted by molar-refractivity contribution is -0.144. The van der Waals surface area contributed by atoms with Gasteiger partial charge in [-0.1, -0.05) is 6.92 Å². The first-order valence-electron chi connectivity index (χ1n) is 6.47. The molecule has 6 heteroatoms. The fraction of sp³-hybridized carbons (Fsp3) is 0.615. The number of amides is 1. The summed E-state index contributed by atoms with van der Waals surface area (Å²) in [6, 6.07) is 1.70. The van der Waals surface area contributed by atoms with E-state index in [0.29, 0.717) is 5.69 Å². The fourth-order valence-electron chi connectivity index (χ4n) is 2.20. The number of carboxylic acid groups (broad SMARTS) is 1. The third-order valence-corrected chi connectivity index (χ3v) is 3.74. The van der Waals surface area contributed by atoms with E-state index >= 15 is 0 Å². The minimum absolute atomic E-state index is 0.0211. The Morgan fingerprint density at radius 1 is 1.58 bits per heavy atom. The molecule has 1 saturated carbocycles. The normalized spacial score (nSPS) is 17.8. The maximum atomic E-state index is 12.2. The van der Waals surface area contributed by atoms with Gasteiger partial charge in [0.2, 0.25) is 0 Å². The second-order valence-corrected chi connectivity index (χ2v) is 5.23. The molecular weight excluding hydrogens is 246 g/mol. The first kappa shape index (κ1) is 13.6. The van der Waals surface area contributed by atoms with Crippen molar-refractivity contribution in [3.8, 4) is 0 Å². The van der Waals surface area contributed by atoms with Crippen LogP contribution in [0.2, 0.25) is 0 Å². The van der Waals surface area contributed by atoms with Crippen LogP contribution in [0.1, 0.15) is 42.9 Å². The lowest BCUT2D eigenvalue weighted by Gasteiger charge is -2.25. The van der Waals surface area contributed by atoms with Crippen LogP contribution < -0.4 is 5.32 Å². The smallest absolute Gasteiger partial charge is 0.329 e. The molecule has 1 atom stereocenters. The number of hydrogen-bond donors (Lipinski definition) is 2. The van der Waals surface area contributed by atoms with Crippen molar-refractivity contribution in [3.63, 3.8) is 0 Å². The van der Waals surface area contributed by atoms with Crippen LogP contribution in [0.25, 0.3) is 0 Å². The van der Waals surface area contributed by atoms with E-state index in [0.717, 1.165) is 25.0 Å². The molecule has 0 radical (unpaired) electrons. The van der Waals surface area contributed by atoms with Crippen molar-refractivity contribution in [2.75, 3.05) is 0 Å². The van der Waals surface area contributed by atoms with Crippen LogP contribution in [0.4, 0.5) is 0 Å². The highest BCUT2D eigenvalue weighted by Crippen LogP contribution is 2.39. The van der Waals surface area contributed by atoms with Crippen molar-refractivity contribution in [3.05, 3.63) is 17.5 Å². The van der Waals surface area contributed by atoms with Gasteiger partial charge in [-0.3, -0.25) is 9.48 Å². The minimum Gasteiger partial charge on any atom is -0.480 e. The van der Waals surface area contributed by atoms with Gasteiger partial charge in [-0.05, 0) is 38.2 Å². The molecule has 0 bridgehead atoms. The summed E-state index contributed by atoms with van der Waals surface area (Å²) >= 11 is 0. The fourth-order valence-corrected chi connectivity index (χ4v) is 2.20. The summed E-state index contributed by atoms with van der Waals surface area (Å²) < 4.78 is 1.49. The van der Waals surface area contributed by atoms with Crippen LogP contribution in [-0.4, -0.2) is 32.3 Å². The Kier molecular flexibility index (Phi) is 3.34. The molecule has 2 N–H and O–H groups in total. The van der Waals surface area contributed by atoms with E-state index in [9.17, 15) is 14.7 Å². The summed E-state index contributed by atoms with van der Waals surface area (Å²) in [5.41, 5.74) is 0.0226. The van der Waals surface area contributed by atoms with Gasteiger partial charge in [-0.2, -0.15) is 5.10 Å². The van der Waals surface area contributed by atoms with E-state index in [1.165, 1.54) is 4.68 Å². The maximum Gasteiger partial charge on any atom is 0.329 e. The van der Waals surface area contributed by atoms with E-state index < -0.39 is 11.5 Å². The van der Waals surface area contributed by atoms with Gasteiger partial charge in [-0.15, -0.1) is 0 Å². The third-order valence-electron chi connectivity index (χ3n) is 3.74. The van der Waals surface area contributed by atoms with Gasteiger partial charge in [0.15, 0.2) is 0 Å². The highest BCUT2D eigenvalue weighted by Gasteiger charge is 2.48. The molecule has 0 aliphatic heterocycles. The molecule has 1 heterocycles. The summed E-state index contributed by atoms with van der Waals surface area (Å²) in [7, 11) is 1.68. The van der Waals surface area contributed by atoms with Gasteiger partial charge in [-0.25, -0.2) is 4.79 Å². The van der Waals surface area contributed by atoms with Gasteiger partial charge >= 0.3 is 5.97 Å². The van der Waals surface area contributed by atoms with Crippen LogP contribution in [0.3, 0.4) is 0 Å². The van der Waals surface area contributed by atoms with E-state index in [4.69, 9.17) is 0 Å². The predicted molar refractivity (Wildman–Crippen MR) is 68.8 cm³/mol. The Balaban J connectivity index is 2.19. The number of nitrogens with one attached hydrogen (secondary N) is 1. The largest absolute Gasteiger partial charge is 0.480 e. The molecule has 1 fully saturated rings. The number of aromatic nitrogens is 2. The molecule has 104 valence electrons. The monoisotopic (exact) mass is 265 g/mol. The van der Waals surface area contributed by atoms with Crippen molar-refractivity contribution < 1.29 is 14.7 Å². The molecule has 6 nitrogen and oxygen atoms in total. The van der Waals surface area contributed by atoms with E-state index in [1.54, 1.807) is 20.0 Å². The number of rotatable bonds is 5. The Morgan fingerprint density at radius 3 is 2.63 bits per heavy atom. The summed E-state index contributed by atoms with van der Waals surface area (Å²) in [6.45, 7) is 3.53. The second-order valence-electron chi connectivity index (χ2n) is 5.23. The van der Waals surface area contributed by atoms with Crippen molar-refractivity contribution in [2.24, 2.45) is 13.0 Å². The zero-order valence-corrected chi connectivity index (χ0v) is 11.4. The van der Waals surface area contributed by atoms with Crippen LogP contribution >= 0.6 is 0 Å². The highest BCUT2D eigenvalue weighted by atomic mass is 16.4. The van der Waals surface area contributed by atoms with Gasteiger partial charge in [0.25, 0.3) is 5.91 Å². The van der Waals surface area contributed by atoms with Gasteiger partial charge < -0.3 is 10.4 Å². The van der Waals surface area contributed by atoms with Gasteiger partial charge in [0.05, 0.1) is 5.69 Å². The quantitative estimate of drug-likeness (QED) is 0.830. The van der Waals surface area contributed by atoms with Gasteiger partial charge in [0.1, 0.15) is 11.2 Å². The first-order chi connectivity index (χ1) is 8.88. The molecule has 19 heavy (non-hydrogen) atoms. The number of hydrogen-bond acceptors (Lipinski definition) is 3. The Hall–Kier alpha value is -1.85. The zero-order valence-electron chi connectivity index (χ0n) is 11.4. The molecule has 0 spiro atoms. The average Bonchev–Trinajstić information content (AvgIpc) is 3.12. The highest BCUT2D eigenvalue weighted by molar-refractivity contribution is 5.96. The molecule has 1 aromatic heterocycles. The second kappa shape index (κ2) is 4.68. The molecule has 1 amide bonds. The van der Waals surface area contributed by atoms with E-state index in [-0.39, 0.29) is 11.8 Å². The molecule has 0 saturated heterocycles. The molecule has 1 unspecified atom stereocenters. The zero-order chi connectivity index (χ0) is 14.2. The number of carboxylic acids is 1. The minimum atomic E-state index is -1.19. The standard InChI is InChI=1S/C13H19N3O3/c1-4-9-7-10(16(3)15-9)11(17)14-13(2,12(18)19)8-5-6-8/h7-8H,4-6H2,1-3H3,(H,14,17)(H,18,19). The van der Waals surface area contributed by atoms with Crippen molar-refractivity contribution >= 4 is 11.9 Å². The average molecular weight is 265 g/mol. The molecule has 2 rings (SSSR count). The van der Waals surface area contributed by atoms with Crippen molar-refractivity contribution in [1.29, 1.82) is 0 Å². The number of carbonyl (C=O) groups is 2. The lowest BCUT2D eigenvalue weighted by Crippen LogP contribution is -2.54. The maximum absolute atomic E-state index is 12.2. The van der Waals surface area contributed by atoms with E-state index in [1.807, 2.05) is 6.92 Å². The first-order valence-corrected chi connectivity index (χ1v) is 6.47.